The second-order valence-electron chi connectivity index (χ2n) is 6.64. The van der Waals surface area contributed by atoms with Crippen molar-refractivity contribution in [3.8, 4) is 11.8 Å². The van der Waals surface area contributed by atoms with Gasteiger partial charge in [-0.25, -0.2) is 4.98 Å². The highest BCUT2D eigenvalue weighted by Gasteiger charge is 2.12. The van der Waals surface area contributed by atoms with E-state index in [0.717, 1.165) is 35.3 Å². The predicted molar refractivity (Wildman–Crippen MR) is 138 cm³/mol. The SMILES string of the molecule is COCc1cc(C)nc(N/N=C/c2cc(I)cc(I)c2OCc2ccccc2)c1C#N. The molecule has 0 unspecified atom stereocenters. The number of hydrazone groups is 1. The molecule has 3 rings (SSSR count). The Labute approximate surface area is 209 Å². The minimum atomic E-state index is 0.331. The Morgan fingerprint density at radius 2 is 1.94 bits per heavy atom. The Hall–Kier alpha value is -2.23. The summed E-state index contributed by atoms with van der Waals surface area (Å²) in [7, 11) is 1.60. The molecule has 0 amide bonds. The fourth-order valence-electron chi connectivity index (χ4n) is 2.94. The summed E-state index contributed by atoms with van der Waals surface area (Å²) in [6.45, 7) is 2.66. The van der Waals surface area contributed by atoms with Crippen molar-refractivity contribution in [2.24, 2.45) is 5.10 Å². The van der Waals surface area contributed by atoms with E-state index in [0.29, 0.717) is 24.6 Å². The topological polar surface area (TPSA) is 79.5 Å². The number of nitrogens with one attached hydrogen (secondary N) is 1. The van der Waals surface area contributed by atoms with Gasteiger partial charge in [0, 0.05) is 27.5 Å². The normalized spacial score (nSPS) is 10.8. The molecular weight excluding hydrogens is 618 g/mol. The lowest BCUT2D eigenvalue weighted by molar-refractivity contribution is 0.184. The third-order valence-corrected chi connectivity index (χ3v) is 5.70. The van der Waals surface area contributed by atoms with E-state index in [9.17, 15) is 5.26 Å². The number of hydrogen-bond acceptors (Lipinski definition) is 6. The fraction of sp³-hybridized carbons (Fsp3) is 0.174. The lowest BCUT2D eigenvalue weighted by Crippen LogP contribution is -2.04. The van der Waals surface area contributed by atoms with Crippen LogP contribution in [0.25, 0.3) is 0 Å². The van der Waals surface area contributed by atoms with Gasteiger partial charge < -0.3 is 9.47 Å². The van der Waals surface area contributed by atoms with E-state index >= 15 is 0 Å². The van der Waals surface area contributed by atoms with Gasteiger partial charge in [0.25, 0.3) is 0 Å². The number of pyridine rings is 1. The minimum absolute atomic E-state index is 0.331. The summed E-state index contributed by atoms with van der Waals surface area (Å²) in [6, 6.07) is 18.1. The summed E-state index contributed by atoms with van der Waals surface area (Å²) in [4.78, 5) is 4.41. The lowest BCUT2D eigenvalue weighted by Gasteiger charge is -2.12. The number of ether oxygens (including phenoxy) is 2. The van der Waals surface area contributed by atoms with Crippen molar-refractivity contribution in [2.75, 3.05) is 12.5 Å². The van der Waals surface area contributed by atoms with E-state index in [1.54, 1.807) is 13.3 Å². The molecule has 0 radical (unpaired) electrons. The van der Waals surface area contributed by atoms with E-state index in [-0.39, 0.29) is 0 Å². The van der Waals surface area contributed by atoms with Crippen molar-refractivity contribution >= 4 is 57.2 Å². The summed E-state index contributed by atoms with van der Waals surface area (Å²) in [5.74, 6) is 1.16. The molecule has 0 saturated heterocycles. The van der Waals surface area contributed by atoms with Gasteiger partial charge in [-0.3, -0.25) is 5.43 Å². The lowest BCUT2D eigenvalue weighted by atomic mass is 10.1. The van der Waals surface area contributed by atoms with Crippen molar-refractivity contribution in [2.45, 2.75) is 20.1 Å². The number of aryl methyl sites for hydroxylation is 1. The molecule has 8 heteroatoms. The number of nitrogens with zero attached hydrogens (tertiary/aromatic N) is 3. The number of halogens is 2. The standard InChI is InChI=1S/C23H20I2N4O2/c1-15-8-18(14-30-2)20(11-26)23(28-15)29-27-12-17-9-19(24)10-21(25)22(17)31-13-16-6-4-3-5-7-16/h3-10,12H,13-14H2,1-2H3,(H,28,29)/b27-12+. The van der Waals surface area contributed by atoms with Crippen LogP contribution >= 0.6 is 45.2 Å². The van der Waals surface area contributed by atoms with E-state index in [1.165, 1.54) is 0 Å². The second kappa shape index (κ2) is 11.4. The van der Waals surface area contributed by atoms with E-state index in [2.05, 4.69) is 72.8 Å². The van der Waals surface area contributed by atoms with Crippen molar-refractivity contribution in [3.63, 3.8) is 0 Å². The number of rotatable bonds is 8. The van der Waals surface area contributed by atoms with Gasteiger partial charge >= 0.3 is 0 Å². The molecule has 0 aliphatic heterocycles. The predicted octanol–water partition coefficient (Wildman–Crippen LogP) is 5.64. The molecule has 31 heavy (non-hydrogen) atoms. The highest BCUT2D eigenvalue weighted by molar-refractivity contribution is 14.1. The Morgan fingerprint density at radius 3 is 2.65 bits per heavy atom. The number of anilines is 1. The molecule has 3 aromatic rings. The largest absolute Gasteiger partial charge is 0.487 e. The van der Waals surface area contributed by atoms with Crippen LogP contribution in [0.1, 0.15) is 27.9 Å². The molecule has 0 spiro atoms. The van der Waals surface area contributed by atoms with Gasteiger partial charge in [-0.1, -0.05) is 30.3 Å². The molecular formula is C23H20I2N4O2. The third-order valence-electron chi connectivity index (χ3n) is 4.28. The Kier molecular flexibility index (Phi) is 8.62. The Bertz CT molecular complexity index is 1130. The maximum absolute atomic E-state index is 9.57. The highest BCUT2D eigenvalue weighted by atomic mass is 127. The summed E-state index contributed by atoms with van der Waals surface area (Å²) in [5.41, 5.74) is 6.80. The Morgan fingerprint density at radius 1 is 1.16 bits per heavy atom. The number of aromatic nitrogens is 1. The van der Waals surface area contributed by atoms with Gasteiger partial charge in [0.2, 0.25) is 0 Å². The molecule has 0 aliphatic carbocycles. The molecule has 6 nitrogen and oxygen atoms in total. The van der Waals surface area contributed by atoms with Crippen LogP contribution in [0, 0.1) is 25.4 Å². The smallest absolute Gasteiger partial charge is 0.164 e. The second-order valence-corrected chi connectivity index (χ2v) is 9.05. The van der Waals surface area contributed by atoms with Crippen LogP contribution in [0.3, 0.4) is 0 Å². The fourth-order valence-corrected chi connectivity index (χ4v) is 4.98. The highest BCUT2D eigenvalue weighted by Crippen LogP contribution is 2.28. The first-order valence-corrected chi connectivity index (χ1v) is 11.5. The van der Waals surface area contributed by atoms with Crippen LogP contribution in [-0.2, 0) is 18.0 Å². The van der Waals surface area contributed by atoms with Crippen LogP contribution in [-0.4, -0.2) is 18.3 Å². The van der Waals surface area contributed by atoms with Gasteiger partial charge in [0.15, 0.2) is 5.82 Å². The summed E-state index contributed by atoms with van der Waals surface area (Å²) in [5, 5.41) is 13.9. The first kappa shape index (κ1) is 23.4. The van der Waals surface area contributed by atoms with Crippen molar-refractivity contribution < 1.29 is 9.47 Å². The van der Waals surface area contributed by atoms with Gasteiger partial charge in [-0.05, 0) is 75.9 Å². The van der Waals surface area contributed by atoms with Crippen LogP contribution in [0.2, 0.25) is 0 Å². The zero-order chi connectivity index (χ0) is 22.2. The molecule has 0 saturated carbocycles. The van der Waals surface area contributed by atoms with Gasteiger partial charge in [-0.2, -0.15) is 10.4 Å². The first-order chi connectivity index (χ1) is 15.0. The van der Waals surface area contributed by atoms with Crippen LogP contribution in [0.5, 0.6) is 5.75 Å². The van der Waals surface area contributed by atoms with Crippen LogP contribution in [0.4, 0.5) is 5.82 Å². The molecule has 0 aliphatic rings. The number of benzene rings is 2. The van der Waals surface area contributed by atoms with Crippen LogP contribution in [0.15, 0.2) is 53.6 Å². The molecule has 0 bridgehead atoms. The van der Waals surface area contributed by atoms with E-state index in [4.69, 9.17) is 9.47 Å². The number of methoxy groups -OCH3 is 1. The minimum Gasteiger partial charge on any atom is -0.487 e. The molecule has 158 valence electrons. The maximum Gasteiger partial charge on any atom is 0.164 e. The molecule has 1 N–H and O–H groups in total. The van der Waals surface area contributed by atoms with E-state index < -0.39 is 0 Å². The molecule has 2 aromatic carbocycles. The summed E-state index contributed by atoms with van der Waals surface area (Å²) >= 11 is 4.53. The molecule has 0 fully saturated rings. The third kappa shape index (κ3) is 6.38. The van der Waals surface area contributed by atoms with Gasteiger partial charge in [0.05, 0.1) is 16.4 Å². The summed E-state index contributed by atoms with van der Waals surface area (Å²) in [6.07, 6.45) is 1.69. The zero-order valence-electron chi connectivity index (χ0n) is 17.0. The number of nitriles is 1. The van der Waals surface area contributed by atoms with Crippen molar-refractivity contribution in [3.05, 3.63) is 83.6 Å². The average Bonchev–Trinajstić information content (AvgIpc) is 2.74. The molecule has 0 atom stereocenters. The van der Waals surface area contributed by atoms with Crippen molar-refractivity contribution in [1.82, 2.24) is 4.98 Å². The van der Waals surface area contributed by atoms with E-state index in [1.807, 2.05) is 49.4 Å². The monoisotopic (exact) mass is 638 g/mol. The van der Waals surface area contributed by atoms with Crippen molar-refractivity contribution in [1.29, 1.82) is 5.26 Å². The molecule has 1 aromatic heterocycles. The number of hydrogen-bond donors (Lipinski definition) is 1. The first-order valence-electron chi connectivity index (χ1n) is 9.36. The summed E-state index contributed by atoms with van der Waals surface area (Å²) < 4.78 is 13.4. The Balaban J connectivity index is 1.85. The molecule has 1 heterocycles. The maximum atomic E-state index is 9.57. The van der Waals surface area contributed by atoms with Gasteiger partial charge in [0.1, 0.15) is 24.0 Å². The zero-order valence-corrected chi connectivity index (χ0v) is 21.3. The quantitative estimate of drug-likeness (QED) is 0.196. The van der Waals surface area contributed by atoms with Gasteiger partial charge in [-0.15, -0.1) is 0 Å². The van der Waals surface area contributed by atoms with Crippen LogP contribution < -0.4 is 10.2 Å². The average molecular weight is 638 g/mol.